The lowest BCUT2D eigenvalue weighted by Gasteiger charge is -2.26. The number of hydrogen-bond donors (Lipinski definition) is 1. The maximum absolute atomic E-state index is 11.6. The summed E-state index contributed by atoms with van der Waals surface area (Å²) in [6.45, 7) is 0.908. The van der Waals surface area contributed by atoms with Crippen LogP contribution in [0.1, 0.15) is 29.6 Å². The molecule has 92 valence electrons. The van der Waals surface area contributed by atoms with Gasteiger partial charge in [-0.1, -0.05) is 18.0 Å². The van der Waals surface area contributed by atoms with E-state index in [1.165, 1.54) is 26.4 Å². The molecule has 0 amide bonds. The molecule has 4 heteroatoms. The average molecular weight is 254 g/mol. The third kappa shape index (κ3) is 2.91. The molecule has 1 fully saturated rings. The Kier molecular flexibility index (Phi) is 3.89. The minimum atomic E-state index is -0.358. The van der Waals surface area contributed by atoms with Crippen LogP contribution in [0.2, 0.25) is 5.02 Å². The summed E-state index contributed by atoms with van der Waals surface area (Å²) in [6, 6.07) is 5.24. The number of anilines is 1. The van der Waals surface area contributed by atoms with Crippen LogP contribution in [0, 0.1) is 5.92 Å². The molecular weight excluding hydrogens is 238 g/mol. The van der Waals surface area contributed by atoms with Gasteiger partial charge in [0, 0.05) is 17.3 Å². The molecule has 0 aromatic heterocycles. The van der Waals surface area contributed by atoms with Gasteiger partial charge in [-0.2, -0.15) is 0 Å². The van der Waals surface area contributed by atoms with Crippen molar-refractivity contribution in [2.24, 2.45) is 5.92 Å². The molecule has 1 aliphatic rings. The Morgan fingerprint density at radius 1 is 1.53 bits per heavy atom. The Hall–Kier alpha value is -1.22. The first kappa shape index (κ1) is 12.2. The summed E-state index contributed by atoms with van der Waals surface area (Å²) in [5.41, 5.74) is 1.30. The summed E-state index contributed by atoms with van der Waals surface area (Å²) in [7, 11) is 1.37. The Morgan fingerprint density at radius 3 is 2.88 bits per heavy atom. The van der Waals surface area contributed by atoms with E-state index in [0.29, 0.717) is 10.6 Å². The maximum atomic E-state index is 11.6. The number of methoxy groups -OCH3 is 1. The highest BCUT2D eigenvalue weighted by Gasteiger charge is 2.18. The van der Waals surface area contributed by atoms with Gasteiger partial charge in [-0.05, 0) is 37.0 Å². The Morgan fingerprint density at radius 2 is 2.29 bits per heavy atom. The zero-order chi connectivity index (χ0) is 12.3. The molecule has 1 aliphatic carbocycles. The predicted octanol–water partition coefficient (Wildman–Crippen LogP) is 3.34. The zero-order valence-corrected chi connectivity index (χ0v) is 10.6. The molecule has 1 saturated carbocycles. The second-order valence-corrected chi connectivity index (χ2v) is 4.80. The highest BCUT2D eigenvalue weighted by molar-refractivity contribution is 6.31. The van der Waals surface area contributed by atoms with Gasteiger partial charge in [0.2, 0.25) is 0 Å². The van der Waals surface area contributed by atoms with Crippen molar-refractivity contribution in [3.63, 3.8) is 0 Å². The smallest absolute Gasteiger partial charge is 0.340 e. The Balaban J connectivity index is 2.10. The van der Waals surface area contributed by atoms with Crippen LogP contribution in [-0.4, -0.2) is 19.6 Å². The lowest BCUT2D eigenvalue weighted by Crippen LogP contribution is -2.21. The molecule has 0 aliphatic heterocycles. The lowest BCUT2D eigenvalue weighted by atomic mass is 9.85. The number of esters is 1. The van der Waals surface area contributed by atoms with E-state index < -0.39 is 0 Å². The van der Waals surface area contributed by atoms with Gasteiger partial charge in [0.05, 0.1) is 12.7 Å². The molecular formula is C13H16ClNO2. The summed E-state index contributed by atoms with van der Waals surface area (Å²) < 4.78 is 4.74. The first-order valence-electron chi connectivity index (χ1n) is 5.82. The van der Waals surface area contributed by atoms with E-state index in [1.807, 2.05) is 6.07 Å². The third-order valence-electron chi connectivity index (χ3n) is 3.19. The van der Waals surface area contributed by atoms with E-state index in [-0.39, 0.29) is 5.97 Å². The van der Waals surface area contributed by atoms with Gasteiger partial charge in [0.15, 0.2) is 0 Å². The largest absolute Gasteiger partial charge is 0.465 e. The summed E-state index contributed by atoms with van der Waals surface area (Å²) >= 11 is 5.88. The predicted molar refractivity (Wildman–Crippen MR) is 68.6 cm³/mol. The van der Waals surface area contributed by atoms with Crippen LogP contribution < -0.4 is 5.32 Å². The topological polar surface area (TPSA) is 38.3 Å². The molecule has 0 bridgehead atoms. The molecule has 0 radical (unpaired) electrons. The van der Waals surface area contributed by atoms with E-state index in [2.05, 4.69) is 5.32 Å². The van der Waals surface area contributed by atoms with E-state index in [0.717, 1.165) is 18.2 Å². The third-order valence-corrected chi connectivity index (χ3v) is 3.43. The average Bonchev–Trinajstić information content (AvgIpc) is 2.27. The van der Waals surface area contributed by atoms with Crippen LogP contribution in [-0.2, 0) is 4.74 Å². The molecule has 0 saturated heterocycles. The van der Waals surface area contributed by atoms with Gasteiger partial charge in [-0.3, -0.25) is 0 Å². The molecule has 0 spiro atoms. The van der Waals surface area contributed by atoms with Gasteiger partial charge in [-0.15, -0.1) is 0 Å². The zero-order valence-electron chi connectivity index (χ0n) is 9.83. The summed E-state index contributed by atoms with van der Waals surface area (Å²) in [5, 5.41) is 3.84. The Labute approximate surface area is 106 Å². The fraction of sp³-hybridized carbons (Fsp3) is 0.462. The molecule has 1 aromatic carbocycles. The van der Waals surface area contributed by atoms with E-state index in [4.69, 9.17) is 16.3 Å². The van der Waals surface area contributed by atoms with Crippen LogP contribution >= 0.6 is 11.6 Å². The highest BCUT2D eigenvalue weighted by atomic mass is 35.5. The Bertz CT molecular complexity index is 416. The summed E-state index contributed by atoms with van der Waals surface area (Å²) in [4.78, 5) is 11.6. The number of halogens is 1. The highest BCUT2D eigenvalue weighted by Crippen LogP contribution is 2.28. The normalized spacial score (nSPS) is 15.2. The van der Waals surface area contributed by atoms with Crippen molar-refractivity contribution in [2.45, 2.75) is 19.3 Å². The quantitative estimate of drug-likeness (QED) is 0.837. The van der Waals surface area contributed by atoms with Crippen molar-refractivity contribution in [1.82, 2.24) is 0 Å². The molecule has 0 heterocycles. The van der Waals surface area contributed by atoms with Crippen molar-refractivity contribution in [1.29, 1.82) is 0 Å². The number of rotatable bonds is 4. The van der Waals surface area contributed by atoms with Crippen molar-refractivity contribution < 1.29 is 9.53 Å². The second kappa shape index (κ2) is 5.41. The van der Waals surface area contributed by atoms with Gasteiger partial charge in [0.1, 0.15) is 0 Å². The molecule has 1 N–H and O–H groups in total. The minimum Gasteiger partial charge on any atom is -0.465 e. The first-order valence-corrected chi connectivity index (χ1v) is 6.20. The molecule has 1 aromatic rings. The molecule has 17 heavy (non-hydrogen) atoms. The van der Waals surface area contributed by atoms with Crippen LogP contribution in [0.15, 0.2) is 18.2 Å². The van der Waals surface area contributed by atoms with Crippen LogP contribution in [0.3, 0.4) is 0 Å². The van der Waals surface area contributed by atoms with E-state index in [1.54, 1.807) is 12.1 Å². The minimum absolute atomic E-state index is 0.358. The molecule has 3 nitrogen and oxygen atoms in total. The van der Waals surface area contributed by atoms with E-state index in [9.17, 15) is 4.79 Å². The van der Waals surface area contributed by atoms with Crippen molar-refractivity contribution in [3.8, 4) is 0 Å². The fourth-order valence-electron chi connectivity index (χ4n) is 1.90. The summed E-state index contributed by atoms with van der Waals surface area (Å²) in [5.74, 6) is 0.375. The van der Waals surface area contributed by atoms with Crippen molar-refractivity contribution in [3.05, 3.63) is 28.8 Å². The number of carbonyl (C=O) groups is 1. The molecule has 0 unspecified atom stereocenters. The van der Waals surface area contributed by atoms with E-state index >= 15 is 0 Å². The summed E-state index contributed by atoms with van der Waals surface area (Å²) in [6.07, 6.45) is 3.86. The molecule has 2 rings (SSSR count). The lowest BCUT2D eigenvalue weighted by molar-refractivity contribution is 0.0602. The number of carbonyl (C=O) groups excluding carboxylic acids is 1. The van der Waals surface area contributed by atoms with Gasteiger partial charge in [-0.25, -0.2) is 4.79 Å². The van der Waals surface area contributed by atoms with Crippen LogP contribution in [0.25, 0.3) is 0 Å². The standard InChI is InChI=1S/C13H16ClNO2/c1-17-13(16)11-7-10(14)5-6-12(11)15-8-9-3-2-4-9/h5-7,9,15H,2-4,8H2,1H3. The van der Waals surface area contributed by atoms with Gasteiger partial charge >= 0.3 is 5.97 Å². The number of ether oxygens (including phenoxy) is 1. The maximum Gasteiger partial charge on any atom is 0.340 e. The van der Waals surface area contributed by atoms with Crippen molar-refractivity contribution in [2.75, 3.05) is 19.0 Å². The van der Waals surface area contributed by atoms with Crippen molar-refractivity contribution >= 4 is 23.3 Å². The fourth-order valence-corrected chi connectivity index (χ4v) is 2.07. The number of benzene rings is 1. The van der Waals surface area contributed by atoms with Gasteiger partial charge in [0.25, 0.3) is 0 Å². The first-order chi connectivity index (χ1) is 8.20. The van der Waals surface area contributed by atoms with Gasteiger partial charge < -0.3 is 10.1 Å². The van der Waals surface area contributed by atoms with Crippen LogP contribution in [0.4, 0.5) is 5.69 Å². The SMILES string of the molecule is COC(=O)c1cc(Cl)ccc1NCC1CCC1. The number of nitrogens with one attached hydrogen (secondary N) is 1. The van der Waals surface area contributed by atoms with Crippen LogP contribution in [0.5, 0.6) is 0 Å². The molecule has 0 atom stereocenters. The monoisotopic (exact) mass is 253 g/mol. The second-order valence-electron chi connectivity index (χ2n) is 4.36. The number of hydrogen-bond acceptors (Lipinski definition) is 3.